The van der Waals surface area contributed by atoms with E-state index in [2.05, 4.69) is 5.10 Å². The smallest absolute Gasteiger partial charge is 0.321 e. The second-order valence-electron chi connectivity index (χ2n) is 4.16. The zero-order valence-electron chi connectivity index (χ0n) is 12.1. The van der Waals surface area contributed by atoms with Gasteiger partial charge in [0.15, 0.2) is 5.82 Å². The highest BCUT2D eigenvalue weighted by Gasteiger charge is 2.31. The number of nitrogens with zero attached hydrogens (tertiary/aromatic N) is 3. The molecule has 0 atom stereocenters. The maximum absolute atomic E-state index is 12.5. The minimum atomic E-state index is -3.88. The van der Waals surface area contributed by atoms with Crippen LogP contribution in [0.5, 0.6) is 0 Å². The largest absolute Gasteiger partial charge is 0.465 e. The summed E-state index contributed by atoms with van der Waals surface area (Å²) in [5.74, 6) is -0.676. The number of hydrogen-bond acceptors (Lipinski definition) is 6. The van der Waals surface area contributed by atoms with Crippen LogP contribution < -0.4 is 5.73 Å². The highest BCUT2D eigenvalue weighted by molar-refractivity contribution is 7.89. The Balaban J connectivity index is 3.16. The van der Waals surface area contributed by atoms with E-state index in [0.717, 1.165) is 4.31 Å². The first-order valence-corrected chi connectivity index (χ1v) is 7.64. The van der Waals surface area contributed by atoms with Crippen LogP contribution in [0.4, 0.5) is 5.82 Å². The molecule has 0 aliphatic heterocycles. The summed E-state index contributed by atoms with van der Waals surface area (Å²) in [6.07, 6.45) is 0. The Kier molecular flexibility index (Phi) is 5.12. The monoisotopic (exact) mass is 304 g/mol. The van der Waals surface area contributed by atoms with Gasteiger partial charge in [-0.1, -0.05) is 6.92 Å². The molecule has 8 nitrogen and oxygen atoms in total. The zero-order valence-corrected chi connectivity index (χ0v) is 12.9. The van der Waals surface area contributed by atoms with Crippen molar-refractivity contribution in [3.05, 3.63) is 5.69 Å². The molecule has 0 bridgehead atoms. The molecular weight excluding hydrogens is 284 g/mol. The first kappa shape index (κ1) is 16.4. The third-order valence-electron chi connectivity index (χ3n) is 2.87. The SMILES string of the molecule is CCOC(=O)CN(CC)S(=O)(=O)c1c(N)nn(C)c1C. The lowest BCUT2D eigenvalue weighted by Gasteiger charge is -2.19. The van der Waals surface area contributed by atoms with E-state index < -0.39 is 16.0 Å². The van der Waals surface area contributed by atoms with Crippen molar-refractivity contribution in [3.63, 3.8) is 0 Å². The number of ether oxygens (including phenoxy) is 1. The lowest BCUT2D eigenvalue weighted by Crippen LogP contribution is -2.36. The van der Waals surface area contributed by atoms with Crippen LogP contribution >= 0.6 is 0 Å². The molecule has 0 aliphatic carbocycles. The van der Waals surface area contributed by atoms with Gasteiger partial charge in [-0.3, -0.25) is 9.48 Å². The van der Waals surface area contributed by atoms with Gasteiger partial charge in [-0.05, 0) is 13.8 Å². The third-order valence-corrected chi connectivity index (χ3v) is 4.95. The van der Waals surface area contributed by atoms with Crippen LogP contribution in [-0.4, -0.2) is 48.2 Å². The first-order chi connectivity index (χ1) is 9.25. The highest BCUT2D eigenvalue weighted by atomic mass is 32.2. The molecule has 0 unspecified atom stereocenters. The lowest BCUT2D eigenvalue weighted by molar-refractivity contribution is -0.143. The standard InChI is InChI=1S/C11H20N4O4S/c1-5-15(7-9(16)19-6-2)20(17,18)10-8(3)14(4)13-11(10)12/h5-7H2,1-4H3,(H2,12,13). The molecule has 0 aliphatic rings. The molecule has 0 saturated heterocycles. The van der Waals surface area contributed by atoms with Crippen LogP contribution in [0.2, 0.25) is 0 Å². The Morgan fingerprint density at radius 3 is 2.45 bits per heavy atom. The van der Waals surface area contributed by atoms with Gasteiger partial charge in [0.05, 0.1) is 12.3 Å². The van der Waals surface area contributed by atoms with Gasteiger partial charge >= 0.3 is 5.97 Å². The summed E-state index contributed by atoms with van der Waals surface area (Å²) in [5.41, 5.74) is 6.08. The summed E-state index contributed by atoms with van der Waals surface area (Å²) in [6.45, 7) is 4.89. The molecule has 1 aromatic heterocycles. The fourth-order valence-corrected chi connectivity index (χ4v) is 3.46. The number of aryl methyl sites for hydroxylation is 1. The molecule has 114 valence electrons. The van der Waals surface area contributed by atoms with E-state index in [0.29, 0.717) is 5.69 Å². The Morgan fingerprint density at radius 1 is 1.45 bits per heavy atom. The lowest BCUT2D eigenvalue weighted by atomic mass is 10.5. The fourth-order valence-electron chi connectivity index (χ4n) is 1.78. The number of nitrogens with two attached hydrogens (primary N) is 1. The van der Waals surface area contributed by atoms with Crippen LogP contribution in [0.25, 0.3) is 0 Å². The van der Waals surface area contributed by atoms with E-state index in [9.17, 15) is 13.2 Å². The maximum atomic E-state index is 12.5. The van der Waals surface area contributed by atoms with Crippen molar-refractivity contribution in [2.24, 2.45) is 7.05 Å². The number of hydrogen-bond donors (Lipinski definition) is 1. The van der Waals surface area contributed by atoms with E-state index in [1.165, 1.54) is 4.68 Å². The number of carbonyl (C=O) groups excluding carboxylic acids is 1. The number of carbonyl (C=O) groups is 1. The van der Waals surface area contributed by atoms with E-state index in [-0.39, 0.29) is 30.4 Å². The Bertz CT molecular complexity index is 594. The van der Waals surface area contributed by atoms with Crippen LogP contribution in [0.3, 0.4) is 0 Å². The summed E-state index contributed by atoms with van der Waals surface area (Å²) in [6, 6.07) is 0. The zero-order chi connectivity index (χ0) is 15.5. The second kappa shape index (κ2) is 6.23. The normalized spacial score (nSPS) is 11.8. The molecule has 0 saturated carbocycles. The third kappa shape index (κ3) is 3.10. The average Bonchev–Trinajstić information content (AvgIpc) is 2.60. The molecule has 0 radical (unpaired) electrons. The van der Waals surface area contributed by atoms with Gasteiger partial charge in [0.2, 0.25) is 10.0 Å². The fraction of sp³-hybridized carbons (Fsp3) is 0.636. The molecular formula is C11H20N4O4S. The minimum Gasteiger partial charge on any atom is -0.465 e. The number of sulfonamides is 1. The number of aromatic nitrogens is 2. The first-order valence-electron chi connectivity index (χ1n) is 6.20. The van der Waals surface area contributed by atoms with Gasteiger partial charge in [-0.2, -0.15) is 9.40 Å². The van der Waals surface area contributed by atoms with Crippen molar-refractivity contribution in [2.75, 3.05) is 25.4 Å². The Labute approximate surface area is 118 Å². The summed E-state index contributed by atoms with van der Waals surface area (Å²) < 4.78 is 32.3. The van der Waals surface area contributed by atoms with Gasteiger partial charge in [-0.15, -0.1) is 0 Å². The summed E-state index contributed by atoms with van der Waals surface area (Å²) >= 11 is 0. The van der Waals surface area contributed by atoms with E-state index in [1.807, 2.05) is 0 Å². The predicted molar refractivity (Wildman–Crippen MR) is 73.4 cm³/mol. The van der Waals surface area contributed by atoms with Gasteiger partial charge in [-0.25, -0.2) is 8.42 Å². The molecule has 2 N–H and O–H groups in total. The van der Waals surface area contributed by atoms with E-state index in [4.69, 9.17) is 10.5 Å². The number of esters is 1. The predicted octanol–water partition coefficient (Wildman–Crippen LogP) is -0.116. The van der Waals surface area contributed by atoms with Crippen molar-refractivity contribution in [1.82, 2.24) is 14.1 Å². The van der Waals surface area contributed by atoms with Crippen LogP contribution in [0.1, 0.15) is 19.5 Å². The van der Waals surface area contributed by atoms with Gasteiger partial charge in [0, 0.05) is 13.6 Å². The van der Waals surface area contributed by atoms with Crippen molar-refractivity contribution in [1.29, 1.82) is 0 Å². The van der Waals surface area contributed by atoms with E-state index >= 15 is 0 Å². The van der Waals surface area contributed by atoms with Crippen molar-refractivity contribution in [2.45, 2.75) is 25.7 Å². The van der Waals surface area contributed by atoms with Gasteiger partial charge in [0.25, 0.3) is 0 Å². The topological polar surface area (TPSA) is 108 Å². The molecule has 0 fully saturated rings. The molecule has 1 aromatic rings. The number of anilines is 1. The maximum Gasteiger partial charge on any atom is 0.321 e. The molecule has 20 heavy (non-hydrogen) atoms. The van der Waals surface area contributed by atoms with Gasteiger partial charge < -0.3 is 10.5 Å². The Morgan fingerprint density at radius 2 is 2.05 bits per heavy atom. The number of likely N-dealkylation sites (N-methyl/N-ethyl adjacent to an activating group) is 1. The molecule has 1 rings (SSSR count). The molecule has 0 amide bonds. The number of rotatable bonds is 6. The molecule has 0 spiro atoms. The molecule has 1 heterocycles. The minimum absolute atomic E-state index is 0.0638. The quantitative estimate of drug-likeness (QED) is 0.734. The van der Waals surface area contributed by atoms with E-state index in [1.54, 1.807) is 27.8 Å². The van der Waals surface area contributed by atoms with Gasteiger partial charge in [0.1, 0.15) is 11.4 Å². The second-order valence-corrected chi connectivity index (χ2v) is 6.03. The summed E-state index contributed by atoms with van der Waals surface area (Å²) in [4.78, 5) is 11.4. The molecule has 9 heteroatoms. The average molecular weight is 304 g/mol. The Hall–Kier alpha value is -1.61. The highest BCUT2D eigenvalue weighted by Crippen LogP contribution is 2.24. The molecule has 0 aromatic carbocycles. The van der Waals surface area contributed by atoms with Crippen molar-refractivity contribution in [3.8, 4) is 0 Å². The van der Waals surface area contributed by atoms with Crippen molar-refractivity contribution < 1.29 is 17.9 Å². The van der Waals surface area contributed by atoms with Crippen LogP contribution in [0, 0.1) is 6.92 Å². The summed E-state index contributed by atoms with van der Waals surface area (Å²) in [7, 11) is -2.28. The summed E-state index contributed by atoms with van der Waals surface area (Å²) in [5, 5.41) is 3.88. The van der Waals surface area contributed by atoms with Crippen LogP contribution in [0.15, 0.2) is 4.90 Å². The van der Waals surface area contributed by atoms with Crippen LogP contribution in [-0.2, 0) is 26.6 Å². The number of nitrogen functional groups attached to an aromatic ring is 1. The van der Waals surface area contributed by atoms with Crippen molar-refractivity contribution >= 4 is 21.8 Å².